The molecule has 0 spiro atoms. The van der Waals surface area contributed by atoms with Gasteiger partial charge >= 0.3 is 5.97 Å². The zero-order chi connectivity index (χ0) is 20.5. The Balaban J connectivity index is 1.63. The maximum Gasteiger partial charge on any atom is 0.310 e. The normalized spacial score (nSPS) is 11.3. The van der Waals surface area contributed by atoms with E-state index in [-0.39, 0.29) is 13.0 Å². The predicted molar refractivity (Wildman–Crippen MR) is 107 cm³/mol. The lowest BCUT2D eigenvalue weighted by atomic mass is 10.1. The first kappa shape index (κ1) is 20.1. The SMILES string of the molecule is O=C(CCOc1ccccc1)O[C@@H](C(=O)Nc1ccc(F)cc1)c1ccccc1. The predicted octanol–water partition coefficient (Wildman–Crippen LogP) is 4.52. The van der Waals surface area contributed by atoms with Crippen LogP contribution in [0.15, 0.2) is 84.9 Å². The first-order valence-corrected chi connectivity index (χ1v) is 9.10. The van der Waals surface area contributed by atoms with E-state index in [2.05, 4.69) is 5.32 Å². The number of hydrogen-bond acceptors (Lipinski definition) is 4. The minimum atomic E-state index is -1.13. The molecule has 6 heteroatoms. The van der Waals surface area contributed by atoms with Crippen LogP contribution in [0.3, 0.4) is 0 Å². The third-order valence-corrected chi connectivity index (χ3v) is 4.02. The Bertz CT molecular complexity index is 930. The number of amides is 1. The highest BCUT2D eigenvalue weighted by Crippen LogP contribution is 2.21. The van der Waals surface area contributed by atoms with E-state index in [1.807, 2.05) is 18.2 Å². The molecule has 29 heavy (non-hydrogen) atoms. The number of halogens is 1. The highest BCUT2D eigenvalue weighted by atomic mass is 19.1. The van der Waals surface area contributed by atoms with E-state index in [1.54, 1.807) is 42.5 Å². The number of hydrogen-bond donors (Lipinski definition) is 1. The van der Waals surface area contributed by atoms with Gasteiger partial charge in [-0.15, -0.1) is 0 Å². The van der Waals surface area contributed by atoms with Crippen molar-refractivity contribution in [2.24, 2.45) is 0 Å². The molecule has 0 heterocycles. The molecule has 1 N–H and O–H groups in total. The van der Waals surface area contributed by atoms with Gasteiger partial charge in [-0.3, -0.25) is 9.59 Å². The number of carbonyl (C=O) groups excluding carboxylic acids is 2. The second-order valence-electron chi connectivity index (χ2n) is 6.19. The Hall–Kier alpha value is -3.67. The van der Waals surface area contributed by atoms with Crippen LogP contribution in [-0.4, -0.2) is 18.5 Å². The van der Waals surface area contributed by atoms with Crippen molar-refractivity contribution in [3.05, 3.63) is 96.3 Å². The molecule has 0 aliphatic carbocycles. The van der Waals surface area contributed by atoms with Crippen molar-refractivity contribution in [1.29, 1.82) is 0 Å². The third-order valence-electron chi connectivity index (χ3n) is 4.02. The van der Waals surface area contributed by atoms with Crippen LogP contribution in [-0.2, 0) is 14.3 Å². The van der Waals surface area contributed by atoms with Gasteiger partial charge in [0.2, 0.25) is 6.10 Å². The van der Waals surface area contributed by atoms with Crippen LogP contribution in [0.2, 0.25) is 0 Å². The summed E-state index contributed by atoms with van der Waals surface area (Å²) in [6.45, 7) is 0.129. The fraction of sp³-hybridized carbons (Fsp3) is 0.130. The molecule has 0 saturated carbocycles. The summed E-state index contributed by atoms with van der Waals surface area (Å²) in [4.78, 5) is 25.0. The highest BCUT2D eigenvalue weighted by molar-refractivity contribution is 5.96. The minimum absolute atomic E-state index is 0.0118. The zero-order valence-electron chi connectivity index (χ0n) is 15.6. The van der Waals surface area contributed by atoms with Crippen molar-refractivity contribution >= 4 is 17.6 Å². The summed E-state index contributed by atoms with van der Waals surface area (Å²) in [5.74, 6) is -0.856. The Morgan fingerprint density at radius 3 is 2.14 bits per heavy atom. The molecule has 3 aromatic carbocycles. The summed E-state index contributed by atoms with van der Waals surface area (Å²) in [6, 6.07) is 23.1. The number of esters is 1. The minimum Gasteiger partial charge on any atom is -0.493 e. The first-order chi connectivity index (χ1) is 14.1. The van der Waals surface area contributed by atoms with Gasteiger partial charge < -0.3 is 14.8 Å². The topological polar surface area (TPSA) is 64.6 Å². The van der Waals surface area contributed by atoms with Crippen molar-refractivity contribution in [3.63, 3.8) is 0 Å². The maximum absolute atomic E-state index is 13.1. The van der Waals surface area contributed by atoms with Crippen LogP contribution in [0, 0.1) is 5.82 Å². The van der Waals surface area contributed by atoms with Crippen molar-refractivity contribution in [1.82, 2.24) is 0 Å². The molecule has 5 nitrogen and oxygen atoms in total. The standard InChI is InChI=1S/C23H20FNO4/c24-18-11-13-19(14-12-18)25-23(27)22(17-7-3-1-4-8-17)29-21(26)15-16-28-20-9-5-2-6-10-20/h1-14,22H,15-16H2,(H,25,27)/t22-/m1/s1. The van der Waals surface area contributed by atoms with Gasteiger partial charge in [-0.1, -0.05) is 48.5 Å². The largest absolute Gasteiger partial charge is 0.493 e. The monoisotopic (exact) mass is 393 g/mol. The Labute approximate surface area is 168 Å². The lowest BCUT2D eigenvalue weighted by Crippen LogP contribution is -2.26. The van der Waals surface area contributed by atoms with E-state index >= 15 is 0 Å². The number of ether oxygens (including phenoxy) is 2. The molecule has 0 unspecified atom stereocenters. The van der Waals surface area contributed by atoms with Gasteiger partial charge in [-0.05, 0) is 36.4 Å². The molecule has 0 radical (unpaired) electrons. The van der Waals surface area contributed by atoms with Crippen LogP contribution in [0.5, 0.6) is 5.75 Å². The number of benzene rings is 3. The zero-order valence-corrected chi connectivity index (χ0v) is 15.6. The Morgan fingerprint density at radius 1 is 0.862 bits per heavy atom. The maximum atomic E-state index is 13.1. The van der Waals surface area contributed by atoms with Crippen LogP contribution >= 0.6 is 0 Å². The summed E-state index contributed by atoms with van der Waals surface area (Å²) in [6.07, 6.45) is -1.15. The summed E-state index contributed by atoms with van der Waals surface area (Å²) >= 11 is 0. The van der Waals surface area contributed by atoms with E-state index in [9.17, 15) is 14.0 Å². The van der Waals surface area contributed by atoms with Gasteiger partial charge in [0.1, 0.15) is 11.6 Å². The fourth-order valence-corrected chi connectivity index (χ4v) is 2.60. The summed E-state index contributed by atoms with van der Waals surface area (Å²) in [7, 11) is 0. The van der Waals surface area contributed by atoms with Crippen molar-refractivity contribution < 1.29 is 23.5 Å². The molecule has 0 fully saturated rings. The smallest absolute Gasteiger partial charge is 0.310 e. The van der Waals surface area contributed by atoms with Crippen LogP contribution in [0.4, 0.5) is 10.1 Å². The highest BCUT2D eigenvalue weighted by Gasteiger charge is 2.25. The average Bonchev–Trinajstić information content (AvgIpc) is 2.75. The lowest BCUT2D eigenvalue weighted by molar-refractivity contribution is -0.155. The number of carbonyl (C=O) groups is 2. The number of anilines is 1. The van der Waals surface area contributed by atoms with Crippen molar-refractivity contribution in [2.45, 2.75) is 12.5 Å². The second-order valence-corrected chi connectivity index (χ2v) is 6.19. The van der Waals surface area contributed by atoms with Gasteiger partial charge in [0.25, 0.3) is 5.91 Å². The Kier molecular flexibility index (Phi) is 6.95. The van der Waals surface area contributed by atoms with E-state index < -0.39 is 23.8 Å². The number of rotatable bonds is 8. The van der Waals surface area contributed by atoms with E-state index in [0.717, 1.165) is 0 Å². The van der Waals surface area contributed by atoms with E-state index in [1.165, 1.54) is 24.3 Å². The number of para-hydroxylation sites is 1. The van der Waals surface area contributed by atoms with E-state index in [0.29, 0.717) is 17.0 Å². The second kappa shape index (κ2) is 10.0. The fourth-order valence-electron chi connectivity index (χ4n) is 2.60. The van der Waals surface area contributed by atoms with Gasteiger partial charge in [0, 0.05) is 11.3 Å². The molecule has 3 rings (SSSR count). The molecule has 0 aliphatic rings. The van der Waals surface area contributed by atoms with Crippen LogP contribution < -0.4 is 10.1 Å². The molecule has 0 saturated heterocycles. The molecule has 148 valence electrons. The average molecular weight is 393 g/mol. The molecule has 0 aliphatic heterocycles. The number of nitrogens with one attached hydrogen (secondary N) is 1. The Morgan fingerprint density at radius 2 is 1.48 bits per heavy atom. The summed E-state index contributed by atoms with van der Waals surface area (Å²) in [5.41, 5.74) is 0.935. The molecule has 1 atom stereocenters. The van der Waals surface area contributed by atoms with Crippen LogP contribution in [0.1, 0.15) is 18.1 Å². The van der Waals surface area contributed by atoms with Crippen molar-refractivity contribution in [3.8, 4) is 5.75 Å². The quantitative estimate of drug-likeness (QED) is 0.572. The lowest BCUT2D eigenvalue weighted by Gasteiger charge is -2.18. The van der Waals surface area contributed by atoms with Gasteiger partial charge in [-0.2, -0.15) is 0 Å². The van der Waals surface area contributed by atoms with E-state index in [4.69, 9.17) is 9.47 Å². The summed E-state index contributed by atoms with van der Waals surface area (Å²) < 4.78 is 24.0. The molecular formula is C23H20FNO4. The summed E-state index contributed by atoms with van der Waals surface area (Å²) in [5, 5.41) is 2.64. The third kappa shape index (κ3) is 6.17. The first-order valence-electron chi connectivity index (χ1n) is 9.10. The molecule has 3 aromatic rings. The van der Waals surface area contributed by atoms with Gasteiger partial charge in [0.15, 0.2) is 0 Å². The van der Waals surface area contributed by atoms with Crippen molar-refractivity contribution in [2.75, 3.05) is 11.9 Å². The van der Waals surface area contributed by atoms with Gasteiger partial charge in [-0.25, -0.2) is 4.39 Å². The molecular weight excluding hydrogens is 373 g/mol. The van der Waals surface area contributed by atoms with Gasteiger partial charge in [0.05, 0.1) is 13.0 Å². The molecule has 1 amide bonds. The molecule has 0 aromatic heterocycles. The molecule has 0 bridgehead atoms. The van der Waals surface area contributed by atoms with Crippen LogP contribution in [0.25, 0.3) is 0 Å².